The minimum Gasteiger partial charge on any atom is -0.493 e. The standard InChI is InChI=1S/C15H16Cl2N2O2/c1-8(2)12-13(16)18-15(19-14(12)17)9-5-6-10(20-3)11(7-9)21-4/h5-8H,1-4H3. The molecule has 4 nitrogen and oxygen atoms in total. The monoisotopic (exact) mass is 326 g/mol. The molecule has 2 aromatic rings. The second-order valence-corrected chi connectivity index (χ2v) is 5.48. The maximum atomic E-state index is 6.22. The van der Waals surface area contributed by atoms with Crippen LogP contribution in [0.3, 0.4) is 0 Å². The van der Waals surface area contributed by atoms with Crippen LogP contribution < -0.4 is 9.47 Å². The number of aromatic nitrogens is 2. The van der Waals surface area contributed by atoms with Crippen LogP contribution in [0.2, 0.25) is 10.3 Å². The number of rotatable bonds is 4. The van der Waals surface area contributed by atoms with Crippen LogP contribution in [0.5, 0.6) is 11.5 Å². The van der Waals surface area contributed by atoms with Crippen molar-refractivity contribution in [3.63, 3.8) is 0 Å². The first-order chi connectivity index (χ1) is 9.97. The summed E-state index contributed by atoms with van der Waals surface area (Å²) in [5.41, 5.74) is 1.51. The topological polar surface area (TPSA) is 44.2 Å². The zero-order valence-electron chi connectivity index (χ0n) is 12.3. The third-order valence-electron chi connectivity index (χ3n) is 3.07. The Balaban J connectivity index is 2.52. The van der Waals surface area contributed by atoms with E-state index in [2.05, 4.69) is 9.97 Å². The molecule has 0 saturated heterocycles. The van der Waals surface area contributed by atoms with Crippen molar-refractivity contribution >= 4 is 23.2 Å². The number of ether oxygens (including phenoxy) is 2. The first-order valence-electron chi connectivity index (χ1n) is 6.43. The van der Waals surface area contributed by atoms with E-state index in [-0.39, 0.29) is 5.92 Å². The molecule has 0 radical (unpaired) electrons. The first-order valence-corrected chi connectivity index (χ1v) is 7.18. The lowest BCUT2D eigenvalue weighted by Gasteiger charge is -2.12. The lowest BCUT2D eigenvalue weighted by atomic mass is 10.1. The normalized spacial score (nSPS) is 10.8. The van der Waals surface area contributed by atoms with Gasteiger partial charge < -0.3 is 9.47 Å². The quantitative estimate of drug-likeness (QED) is 0.771. The van der Waals surface area contributed by atoms with Gasteiger partial charge in [0.1, 0.15) is 10.3 Å². The average molecular weight is 327 g/mol. The van der Waals surface area contributed by atoms with Crippen LogP contribution in [0, 0.1) is 0 Å². The molecule has 0 N–H and O–H groups in total. The van der Waals surface area contributed by atoms with E-state index >= 15 is 0 Å². The lowest BCUT2D eigenvalue weighted by Crippen LogP contribution is -2.00. The minimum atomic E-state index is 0.157. The SMILES string of the molecule is COc1ccc(-c2nc(Cl)c(C(C)C)c(Cl)n2)cc1OC. The molecule has 0 saturated carbocycles. The fourth-order valence-corrected chi connectivity index (χ4v) is 2.82. The van der Waals surface area contributed by atoms with Crippen molar-refractivity contribution in [3.8, 4) is 22.9 Å². The zero-order valence-corrected chi connectivity index (χ0v) is 13.8. The van der Waals surface area contributed by atoms with E-state index in [4.69, 9.17) is 32.7 Å². The molecule has 1 aromatic heterocycles. The van der Waals surface area contributed by atoms with E-state index in [0.717, 1.165) is 11.1 Å². The number of methoxy groups -OCH3 is 2. The second kappa shape index (κ2) is 6.50. The number of hydrogen-bond acceptors (Lipinski definition) is 4. The zero-order chi connectivity index (χ0) is 15.6. The molecule has 0 aliphatic rings. The molecule has 0 bridgehead atoms. The van der Waals surface area contributed by atoms with Crippen LogP contribution in [0.1, 0.15) is 25.3 Å². The smallest absolute Gasteiger partial charge is 0.162 e. The Morgan fingerprint density at radius 3 is 2.00 bits per heavy atom. The average Bonchev–Trinajstić information content (AvgIpc) is 2.45. The van der Waals surface area contributed by atoms with Crippen molar-refractivity contribution in [1.82, 2.24) is 9.97 Å². The number of hydrogen-bond donors (Lipinski definition) is 0. The molecule has 0 fully saturated rings. The molecule has 0 aliphatic heterocycles. The second-order valence-electron chi connectivity index (χ2n) is 4.77. The predicted molar refractivity (Wildman–Crippen MR) is 84.7 cm³/mol. The van der Waals surface area contributed by atoms with Gasteiger partial charge in [0.15, 0.2) is 17.3 Å². The number of benzene rings is 1. The molecule has 21 heavy (non-hydrogen) atoms. The molecule has 2 rings (SSSR count). The predicted octanol–water partition coefficient (Wildman–Crippen LogP) is 4.59. The fraction of sp³-hybridized carbons (Fsp3) is 0.333. The Morgan fingerprint density at radius 2 is 1.52 bits per heavy atom. The van der Waals surface area contributed by atoms with Crippen molar-refractivity contribution in [2.45, 2.75) is 19.8 Å². The van der Waals surface area contributed by atoms with Gasteiger partial charge in [-0.3, -0.25) is 0 Å². The van der Waals surface area contributed by atoms with Crippen LogP contribution in [-0.4, -0.2) is 24.2 Å². The van der Waals surface area contributed by atoms with Crippen molar-refractivity contribution in [1.29, 1.82) is 0 Å². The van der Waals surface area contributed by atoms with E-state index in [9.17, 15) is 0 Å². The lowest BCUT2D eigenvalue weighted by molar-refractivity contribution is 0.355. The van der Waals surface area contributed by atoms with Crippen LogP contribution >= 0.6 is 23.2 Å². The minimum absolute atomic E-state index is 0.157. The largest absolute Gasteiger partial charge is 0.493 e. The highest BCUT2D eigenvalue weighted by Gasteiger charge is 2.16. The summed E-state index contributed by atoms with van der Waals surface area (Å²) in [5, 5.41) is 0.740. The molecule has 0 amide bonds. The number of nitrogens with zero attached hydrogens (tertiary/aromatic N) is 2. The van der Waals surface area contributed by atoms with Gasteiger partial charge in [-0.1, -0.05) is 37.0 Å². The molecule has 6 heteroatoms. The van der Waals surface area contributed by atoms with Gasteiger partial charge in [0.05, 0.1) is 14.2 Å². The van der Waals surface area contributed by atoms with Gasteiger partial charge in [0.2, 0.25) is 0 Å². The summed E-state index contributed by atoms with van der Waals surface area (Å²) in [4.78, 5) is 8.66. The molecule has 0 spiro atoms. The van der Waals surface area contributed by atoms with Gasteiger partial charge in [0.25, 0.3) is 0 Å². The molecule has 1 aromatic carbocycles. The van der Waals surface area contributed by atoms with Crippen molar-refractivity contribution in [3.05, 3.63) is 34.1 Å². The van der Waals surface area contributed by atoms with Gasteiger partial charge >= 0.3 is 0 Å². The molecule has 112 valence electrons. The van der Waals surface area contributed by atoms with Crippen LogP contribution in [0.4, 0.5) is 0 Å². The molecule has 0 aliphatic carbocycles. The Labute approximate surface area is 134 Å². The summed E-state index contributed by atoms with van der Waals surface area (Å²) in [6.45, 7) is 3.99. The summed E-state index contributed by atoms with van der Waals surface area (Å²) < 4.78 is 10.5. The van der Waals surface area contributed by atoms with Crippen molar-refractivity contribution in [2.24, 2.45) is 0 Å². The maximum absolute atomic E-state index is 6.22. The van der Waals surface area contributed by atoms with Gasteiger partial charge in [-0.05, 0) is 24.1 Å². The highest BCUT2D eigenvalue weighted by atomic mass is 35.5. The Hall–Kier alpha value is -1.52. The molecule has 0 atom stereocenters. The summed E-state index contributed by atoms with van der Waals surface area (Å²) >= 11 is 12.4. The first kappa shape index (κ1) is 15.9. The van der Waals surface area contributed by atoms with E-state index in [1.54, 1.807) is 26.4 Å². The molecule has 0 unspecified atom stereocenters. The third-order valence-corrected chi connectivity index (χ3v) is 3.65. The van der Waals surface area contributed by atoms with Crippen LogP contribution in [-0.2, 0) is 0 Å². The Bertz CT molecular complexity index is 637. The number of halogens is 2. The Kier molecular flexibility index (Phi) is 4.91. The van der Waals surface area contributed by atoms with E-state index in [0.29, 0.717) is 27.6 Å². The van der Waals surface area contributed by atoms with Gasteiger partial charge in [-0.15, -0.1) is 0 Å². The van der Waals surface area contributed by atoms with Crippen molar-refractivity contribution in [2.75, 3.05) is 14.2 Å². The van der Waals surface area contributed by atoms with Crippen LogP contribution in [0.25, 0.3) is 11.4 Å². The van der Waals surface area contributed by atoms with E-state index in [1.807, 2.05) is 19.9 Å². The van der Waals surface area contributed by atoms with Crippen LogP contribution in [0.15, 0.2) is 18.2 Å². The van der Waals surface area contributed by atoms with Gasteiger partial charge in [-0.25, -0.2) is 9.97 Å². The summed E-state index contributed by atoms with van der Waals surface area (Å²) in [6.07, 6.45) is 0. The highest BCUT2D eigenvalue weighted by Crippen LogP contribution is 2.34. The van der Waals surface area contributed by atoms with Gasteiger partial charge in [-0.2, -0.15) is 0 Å². The highest BCUT2D eigenvalue weighted by molar-refractivity contribution is 6.34. The fourth-order valence-electron chi connectivity index (χ4n) is 2.00. The molecular weight excluding hydrogens is 311 g/mol. The Morgan fingerprint density at radius 1 is 0.952 bits per heavy atom. The van der Waals surface area contributed by atoms with Gasteiger partial charge in [0, 0.05) is 11.1 Å². The summed E-state index contributed by atoms with van der Waals surface area (Å²) in [7, 11) is 3.16. The maximum Gasteiger partial charge on any atom is 0.162 e. The summed E-state index contributed by atoms with van der Waals surface area (Å²) in [6, 6.07) is 5.41. The molecule has 1 heterocycles. The summed E-state index contributed by atoms with van der Waals surface area (Å²) in [5.74, 6) is 1.84. The van der Waals surface area contributed by atoms with Crippen molar-refractivity contribution < 1.29 is 9.47 Å². The third kappa shape index (κ3) is 3.22. The molecular formula is C15H16Cl2N2O2. The van der Waals surface area contributed by atoms with E-state index in [1.165, 1.54) is 0 Å². The van der Waals surface area contributed by atoms with E-state index < -0.39 is 0 Å².